The van der Waals surface area contributed by atoms with Gasteiger partial charge in [0.1, 0.15) is 11.6 Å². The van der Waals surface area contributed by atoms with Crippen LogP contribution in [-0.2, 0) is 0 Å². The number of amides is 2. The predicted molar refractivity (Wildman–Crippen MR) is 136 cm³/mol. The summed E-state index contributed by atoms with van der Waals surface area (Å²) in [5, 5.41) is 0. The van der Waals surface area contributed by atoms with E-state index in [1.807, 2.05) is 61.5 Å². The molecule has 5 rings (SSSR count). The molecule has 0 spiro atoms. The maximum absolute atomic E-state index is 14.0. The van der Waals surface area contributed by atoms with Crippen molar-refractivity contribution in [3.8, 4) is 0 Å². The third kappa shape index (κ3) is 4.38. The van der Waals surface area contributed by atoms with E-state index in [2.05, 4.69) is 0 Å². The third-order valence-corrected chi connectivity index (χ3v) is 6.49. The quantitative estimate of drug-likeness (QED) is 0.321. The Labute approximate surface area is 208 Å². The molecule has 0 bridgehead atoms. The molecule has 0 aliphatic carbocycles. The summed E-state index contributed by atoms with van der Waals surface area (Å²) in [6, 6.07) is 27.3. The van der Waals surface area contributed by atoms with E-state index in [0.29, 0.717) is 17.8 Å². The molecule has 1 aliphatic heterocycles. The highest BCUT2D eigenvalue weighted by atomic mass is 19.1. The zero-order chi connectivity index (χ0) is 25.2. The molecule has 2 amide bonds. The second-order valence-corrected chi connectivity index (χ2v) is 8.87. The number of para-hydroxylation sites is 2. The number of carbonyl (C=O) groups excluding carboxylic acids is 2. The number of hydrogen-bond donors (Lipinski definition) is 0. The highest BCUT2D eigenvalue weighted by Crippen LogP contribution is 2.43. The van der Waals surface area contributed by atoms with Gasteiger partial charge in [0.15, 0.2) is 0 Å². The number of fused-ring (bicyclic) bond motifs is 1. The van der Waals surface area contributed by atoms with Gasteiger partial charge in [-0.3, -0.25) is 9.59 Å². The third-order valence-electron chi connectivity index (χ3n) is 6.49. The maximum atomic E-state index is 14.0. The number of hydrogen-bond acceptors (Lipinski definition) is 2. The van der Waals surface area contributed by atoms with E-state index >= 15 is 0 Å². The number of rotatable bonds is 4. The predicted octanol–water partition coefficient (Wildman–Crippen LogP) is 6.79. The van der Waals surface area contributed by atoms with Crippen molar-refractivity contribution >= 4 is 23.2 Å². The van der Waals surface area contributed by atoms with Gasteiger partial charge in [-0.15, -0.1) is 0 Å². The first-order chi connectivity index (χ1) is 17.4. The number of nitrogens with zero attached hydrogens (tertiary/aromatic N) is 2. The summed E-state index contributed by atoms with van der Waals surface area (Å²) in [7, 11) is 0. The van der Waals surface area contributed by atoms with Gasteiger partial charge in [-0.1, -0.05) is 48.5 Å². The van der Waals surface area contributed by atoms with E-state index in [1.54, 1.807) is 21.9 Å². The molecule has 4 nitrogen and oxygen atoms in total. The number of benzene rings is 4. The smallest absolute Gasteiger partial charge is 0.258 e. The van der Waals surface area contributed by atoms with Gasteiger partial charge in [0, 0.05) is 28.5 Å². The minimum Gasteiger partial charge on any atom is -0.305 e. The second-order valence-electron chi connectivity index (χ2n) is 8.87. The highest BCUT2D eigenvalue weighted by Gasteiger charge is 2.39. The lowest BCUT2D eigenvalue weighted by Gasteiger charge is -2.43. The molecule has 36 heavy (non-hydrogen) atoms. The van der Waals surface area contributed by atoms with Crippen molar-refractivity contribution in [2.75, 3.05) is 9.80 Å². The summed E-state index contributed by atoms with van der Waals surface area (Å²) in [6.07, 6.45) is 0.439. The largest absolute Gasteiger partial charge is 0.305 e. The molecule has 4 aromatic rings. The first kappa shape index (κ1) is 23.4. The van der Waals surface area contributed by atoms with Crippen molar-refractivity contribution in [1.29, 1.82) is 0 Å². The first-order valence-electron chi connectivity index (χ1n) is 11.8. The average molecular weight is 483 g/mol. The molecule has 2 unspecified atom stereocenters. The summed E-state index contributed by atoms with van der Waals surface area (Å²) in [6.45, 7) is 1.91. The summed E-state index contributed by atoms with van der Waals surface area (Å²) >= 11 is 0. The van der Waals surface area contributed by atoms with Crippen molar-refractivity contribution in [1.82, 2.24) is 0 Å². The van der Waals surface area contributed by atoms with Gasteiger partial charge < -0.3 is 9.80 Å². The molecule has 0 aromatic heterocycles. The molecule has 0 saturated heterocycles. The van der Waals surface area contributed by atoms with Crippen LogP contribution in [-0.4, -0.2) is 17.9 Å². The van der Waals surface area contributed by atoms with Crippen LogP contribution in [0.2, 0.25) is 0 Å². The molecular formula is C30H24F2N2O2. The molecule has 0 N–H and O–H groups in total. The molecular weight excluding hydrogens is 458 g/mol. The summed E-state index contributed by atoms with van der Waals surface area (Å²) in [4.78, 5) is 30.7. The van der Waals surface area contributed by atoms with Crippen LogP contribution in [0.5, 0.6) is 0 Å². The van der Waals surface area contributed by atoms with Crippen LogP contribution in [0.3, 0.4) is 0 Å². The van der Waals surface area contributed by atoms with Crippen molar-refractivity contribution in [2.45, 2.75) is 25.4 Å². The summed E-state index contributed by atoms with van der Waals surface area (Å²) in [5.41, 5.74) is 2.61. The van der Waals surface area contributed by atoms with Crippen LogP contribution in [0.1, 0.15) is 45.7 Å². The van der Waals surface area contributed by atoms with Crippen molar-refractivity contribution < 1.29 is 18.4 Å². The Kier molecular flexibility index (Phi) is 6.34. The normalized spacial score (nSPS) is 16.8. The summed E-state index contributed by atoms with van der Waals surface area (Å²) < 4.78 is 27.9. The lowest BCUT2D eigenvalue weighted by Crippen LogP contribution is -2.47. The first-order valence-corrected chi connectivity index (χ1v) is 11.8. The number of halogens is 2. The van der Waals surface area contributed by atoms with Crippen LogP contribution in [0.15, 0.2) is 103 Å². The van der Waals surface area contributed by atoms with Crippen LogP contribution in [0.25, 0.3) is 0 Å². The standard InChI is InChI=1S/C30H24F2N2O2/c1-20-17-28(34(25-13-3-2-4-14-25)30(36)22-10-8-12-24(32)19-22)26-15-5-6-16-27(26)33(20)29(35)21-9-7-11-23(31)18-21/h2-16,18-20,28H,17H2,1H3. The Morgan fingerprint density at radius 1 is 0.778 bits per heavy atom. The molecule has 0 radical (unpaired) electrons. The number of carbonyl (C=O) groups is 2. The van der Waals surface area contributed by atoms with Gasteiger partial charge in [0.05, 0.1) is 6.04 Å². The van der Waals surface area contributed by atoms with Crippen LogP contribution in [0.4, 0.5) is 20.2 Å². The Bertz CT molecular complexity index is 1420. The summed E-state index contributed by atoms with van der Waals surface area (Å²) in [5.74, 6) is -1.61. The van der Waals surface area contributed by atoms with Gasteiger partial charge in [-0.25, -0.2) is 8.78 Å². The van der Waals surface area contributed by atoms with E-state index in [4.69, 9.17) is 0 Å². The lowest BCUT2D eigenvalue weighted by molar-refractivity contribution is 0.0965. The minimum atomic E-state index is -0.488. The van der Waals surface area contributed by atoms with Gasteiger partial charge in [-0.2, -0.15) is 0 Å². The van der Waals surface area contributed by atoms with Crippen LogP contribution < -0.4 is 9.80 Å². The van der Waals surface area contributed by atoms with Gasteiger partial charge in [-0.05, 0) is 73.5 Å². The lowest BCUT2D eigenvalue weighted by atomic mass is 9.89. The second kappa shape index (κ2) is 9.74. The Balaban J connectivity index is 1.61. The van der Waals surface area contributed by atoms with E-state index < -0.39 is 17.7 Å². The van der Waals surface area contributed by atoms with E-state index in [1.165, 1.54) is 36.4 Å². The van der Waals surface area contributed by atoms with E-state index in [9.17, 15) is 18.4 Å². The molecule has 4 aromatic carbocycles. The molecule has 2 atom stereocenters. The zero-order valence-corrected chi connectivity index (χ0v) is 19.6. The fourth-order valence-electron chi connectivity index (χ4n) is 4.88. The minimum absolute atomic E-state index is 0.238. The van der Waals surface area contributed by atoms with Gasteiger partial charge in [0.25, 0.3) is 11.8 Å². The monoisotopic (exact) mass is 482 g/mol. The molecule has 1 aliphatic rings. The average Bonchev–Trinajstić information content (AvgIpc) is 2.89. The highest BCUT2D eigenvalue weighted by molar-refractivity contribution is 6.09. The Morgan fingerprint density at radius 3 is 2.08 bits per heavy atom. The molecule has 6 heteroatoms. The van der Waals surface area contributed by atoms with Gasteiger partial charge in [0.2, 0.25) is 0 Å². The van der Waals surface area contributed by atoms with Crippen molar-refractivity contribution in [3.63, 3.8) is 0 Å². The Hall–Kier alpha value is -4.32. The zero-order valence-electron chi connectivity index (χ0n) is 19.6. The van der Waals surface area contributed by atoms with Crippen LogP contribution >= 0.6 is 0 Å². The van der Waals surface area contributed by atoms with Crippen LogP contribution in [0, 0.1) is 11.6 Å². The van der Waals surface area contributed by atoms with Crippen molar-refractivity contribution in [2.24, 2.45) is 0 Å². The van der Waals surface area contributed by atoms with Crippen molar-refractivity contribution in [3.05, 3.63) is 131 Å². The fourth-order valence-corrected chi connectivity index (χ4v) is 4.88. The fraction of sp³-hybridized carbons (Fsp3) is 0.133. The Morgan fingerprint density at radius 2 is 1.39 bits per heavy atom. The van der Waals surface area contributed by atoms with E-state index in [-0.39, 0.29) is 29.0 Å². The van der Waals surface area contributed by atoms with E-state index in [0.717, 1.165) is 5.56 Å². The number of anilines is 2. The molecule has 0 fully saturated rings. The SMILES string of the molecule is CC1CC(N(C(=O)c2cccc(F)c2)c2ccccc2)c2ccccc2N1C(=O)c1cccc(F)c1. The maximum Gasteiger partial charge on any atom is 0.258 e. The van der Waals surface area contributed by atoms with Gasteiger partial charge >= 0.3 is 0 Å². The molecule has 180 valence electrons. The molecule has 1 heterocycles. The topological polar surface area (TPSA) is 40.6 Å². The molecule has 0 saturated carbocycles.